The molecule has 0 aliphatic rings. The SMILES string of the molecule is C=Cc1nc(-c2c3ccccc3c(C(/C=C\C)=C/C=C/C)c3ccccc23)n(-c2ccccc2)c1C=C. The fraction of sp³-hybridized carbons (Fsp3) is 0.0571. The number of imidazole rings is 1. The predicted octanol–water partition coefficient (Wildman–Crippen LogP) is 9.67. The van der Waals surface area contributed by atoms with E-state index < -0.39 is 0 Å². The smallest absolute Gasteiger partial charge is 0.146 e. The van der Waals surface area contributed by atoms with Crippen LogP contribution in [0.4, 0.5) is 0 Å². The zero-order valence-electron chi connectivity index (χ0n) is 21.4. The van der Waals surface area contributed by atoms with Crippen molar-refractivity contribution in [3.8, 4) is 17.1 Å². The summed E-state index contributed by atoms with van der Waals surface area (Å²) >= 11 is 0. The highest BCUT2D eigenvalue weighted by molar-refractivity contribution is 6.19. The highest BCUT2D eigenvalue weighted by Gasteiger charge is 2.23. The van der Waals surface area contributed by atoms with Crippen LogP contribution in [0, 0.1) is 0 Å². The maximum absolute atomic E-state index is 5.14. The van der Waals surface area contributed by atoms with Gasteiger partial charge in [-0.15, -0.1) is 0 Å². The standard InChI is InChI=1S/C35H30N2/c1-5-9-18-25(17-6-2)33-27-21-13-15-23-29(27)34(30-24-16-14-22-28(30)33)35-36-31(7-3)32(8-4)37(35)26-19-11-10-12-20-26/h5-24H,3-4H2,1-2H3/b9-5+,17-6-,25-18+. The van der Waals surface area contributed by atoms with E-state index in [1.165, 1.54) is 21.9 Å². The molecule has 0 atom stereocenters. The van der Waals surface area contributed by atoms with Gasteiger partial charge in [0.15, 0.2) is 0 Å². The first-order chi connectivity index (χ1) is 18.2. The van der Waals surface area contributed by atoms with E-state index in [1.807, 2.05) is 37.3 Å². The van der Waals surface area contributed by atoms with Gasteiger partial charge in [0.2, 0.25) is 0 Å². The summed E-state index contributed by atoms with van der Waals surface area (Å²) in [6.07, 6.45) is 14.3. The number of benzene rings is 4. The van der Waals surface area contributed by atoms with Crippen molar-refractivity contribution in [2.75, 3.05) is 0 Å². The van der Waals surface area contributed by atoms with Gasteiger partial charge in [-0.3, -0.25) is 4.57 Å². The second kappa shape index (κ2) is 10.5. The average molecular weight is 479 g/mol. The van der Waals surface area contributed by atoms with E-state index in [4.69, 9.17) is 4.98 Å². The largest absolute Gasteiger partial charge is 0.292 e. The lowest BCUT2D eigenvalue weighted by molar-refractivity contribution is 1.06. The van der Waals surface area contributed by atoms with Gasteiger partial charge in [-0.25, -0.2) is 4.98 Å². The molecule has 5 rings (SSSR count). The molecule has 180 valence electrons. The van der Waals surface area contributed by atoms with E-state index in [1.54, 1.807) is 0 Å². The molecule has 4 aromatic carbocycles. The number of para-hydroxylation sites is 1. The quantitative estimate of drug-likeness (QED) is 0.168. The van der Waals surface area contributed by atoms with E-state index in [2.05, 4.69) is 116 Å². The summed E-state index contributed by atoms with van der Waals surface area (Å²) < 4.78 is 2.19. The van der Waals surface area contributed by atoms with Crippen molar-refractivity contribution in [1.82, 2.24) is 9.55 Å². The molecule has 0 spiro atoms. The van der Waals surface area contributed by atoms with Gasteiger partial charge in [0.25, 0.3) is 0 Å². The van der Waals surface area contributed by atoms with Crippen molar-refractivity contribution in [1.29, 1.82) is 0 Å². The van der Waals surface area contributed by atoms with Crippen LogP contribution in [-0.2, 0) is 0 Å². The van der Waals surface area contributed by atoms with Gasteiger partial charge in [0, 0.05) is 11.3 Å². The third kappa shape index (κ3) is 4.17. The number of aromatic nitrogens is 2. The Morgan fingerprint density at radius 3 is 1.86 bits per heavy atom. The summed E-state index contributed by atoms with van der Waals surface area (Å²) in [6, 6.07) is 27.6. The molecule has 1 heterocycles. The molecular formula is C35H30N2. The lowest BCUT2D eigenvalue weighted by Gasteiger charge is -2.19. The number of rotatable bonds is 7. The van der Waals surface area contributed by atoms with Gasteiger partial charge in [-0.2, -0.15) is 0 Å². The Morgan fingerprint density at radius 2 is 1.32 bits per heavy atom. The molecule has 0 aliphatic heterocycles. The molecule has 0 fully saturated rings. The fourth-order valence-electron chi connectivity index (χ4n) is 5.08. The number of fused-ring (bicyclic) bond motifs is 2. The maximum atomic E-state index is 5.14. The first-order valence-electron chi connectivity index (χ1n) is 12.6. The molecule has 0 saturated heterocycles. The van der Waals surface area contributed by atoms with Gasteiger partial charge in [0.05, 0.1) is 11.4 Å². The molecule has 0 unspecified atom stereocenters. The minimum Gasteiger partial charge on any atom is -0.292 e. The van der Waals surface area contributed by atoms with Crippen molar-refractivity contribution in [2.45, 2.75) is 13.8 Å². The molecule has 2 nitrogen and oxygen atoms in total. The Kier molecular flexibility index (Phi) is 6.83. The number of hydrogen-bond donors (Lipinski definition) is 0. The predicted molar refractivity (Wildman–Crippen MR) is 162 cm³/mol. The monoisotopic (exact) mass is 478 g/mol. The van der Waals surface area contributed by atoms with Crippen LogP contribution in [0.15, 0.2) is 122 Å². The van der Waals surface area contributed by atoms with E-state index in [9.17, 15) is 0 Å². The van der Waals surface area contributed by atoms with E-state index in [0.29, 0.717) is 0 Å². The molecule has 0 aliphatic carbocycles. The Morgan fingerprint density at radius 1 is 0.730 bits per heavy atom. The lowest BCUT2D eigenvalue weighted by Crippen LogP contribution is -2.01. The summed E-state index contributed by atoms with van der Waals surface area (Å²) in [5, 5.41) is 4.68. The number of hydrogen-bond acceptors (Lipinski definition) is 1. The minimum absolute atomic E-state index is 0.814. The van der Waals surface area contributed by atoms with Gasteiger partial charge in [-0.05, 0) is 70.8 Å². The summed E-state index contributed by atoms with van der Waals surface area (Å²) in [4.78, 5) is 5.14. The number of allylic oxidation sites excluding steroid dienone is 6. The summed E-state index contributed by atoms with van der Waals surface area (Å²) in [5.74, 6) is 0.875. The van der Waals surface area contributed by atoms with Gasteiger partial charge in [-0.1, -0.05) is 110 Å². The Bertz CT molecular complexity index is 1650. The average Bonchev–Trinajstić information content (AvgIpc) is 3.32. The normalized spacial score (nSPS) is 12.2. The topological polar surface area (TPSA) is 17.8 Å². The summed E-state index contributed by atoms with van der Waals surface area (Å²) in [5.41, 5.74) is 6.26. The number of nitrogens with zero attached hydrogens (tertiary/aromatic N) is 2. The van der Waals surface area contributed by atoms with Crippen molar-refractivity contribution in [2.24, 2.45) is 0 Å². The maximum Gasteiger partial charge on any atom is 0.146 e. The van der Waals surface area contributed by atoms with Gasteiger partial charge < -0.3 is 0 Å². The zero-order chi connectivity index (χ0) is 25.8. The third-order valence-electron chi connectivity index (χ3n) is 6.60. The Labute approximate surface area is 218 Å². The van der Waals surface area contributed by atoms with Crippen LogP contribution in [0.5, 0.6) is 0 Å². The highest BCUT2D eigenvalue weighted by Crippen LogP contribution is 2.43. The van der Waals surface area contributed by atoms with Crippen molar-refractivity contribution in [3.63, 3.8) is 0 Å². The van der Waals surface area contributed by atoms with Crippen LogP contribution in [0.25, 0.3) is 56.3 Å². The first kappa shape index (κ1) is 24.0. The van der Waals surface area contributed by atoms with Gasteiger partial charge >= 0.3 is 0 Å². The van der Waals surface area contributed by atoms with E-state index in [-0.39, 0.29) is 0 Å². The van der Waals surface area contributed by atoms with E-state index >= 15 is 0 Å². The van der Waals surface area contributed by atoms with Crippen molar-refractivity contribution >= 4 is 39.3 Å². The van der Waals surface area contributed by atoms with Crippen LogP contribution < -0.4 is 0 Å². The zero-order valence-corrected chi connectivity index (χ0v) is 21.4. The second-order valence-electron chi connectivity index (χ2n) is 8.77. The summed E-state index contributed by atoms with van der Waals surface area (Å²) in [7, 11) is 0. The minimum atomic E-state index is 0.814. The molecule has 0 N–H and O–H groups in total. The van der Waals surface area contributed by atoms with Crippen molar-refractivity contribution in [3.05, 3.63) is 139 Å². The molecule has 37 heavy (non-hydrogen) atoms. The molecule has 1 aromatic heterocycles. The van der Waals surface area contributed by atoms with E-state index in [0.717, 1.165) is 39.2 Å². The lowest BCUT2D eigenvalue weighted by atomic mass is 9.87. The molecule has 0 amide bonds. The van der Waals surface area contributed by atoms with Gasteiger partial charge in [0.1, 0.15) is 5.82 Å². The molecule has 2 heteroatoms. The van der Waals surface area contributed by atoms with Crippen LogP contribution in [0.3, 0.4) is 0 Å². The molecule has 0 saturated carbocycles. The van der Waals surface area contributed by atoms with Crippen molar-refractivity contribution < 1.29 is 0 Å². The van der Waals surface area contributed by atoms with Crippen LogP contribution in [0.2, 0.25) is 0 Å². The van der Waals surface area contributed by atoms with Crippen LogP contribution >= 0.6 is 0 Å². The molecule has 5 aromatic rings. The molecule has 0 bridgehead atoms. The third-order valence-corrected chi connectivity index (χ3v) is 6.60. The van der Waals surface area contributed by atoms with Crippen LogP contribution in [0.1, 0.15) is 30.8 Å². The fourth-order valence-corrected chi connectivity index (χ4v) is 5.08. The first-order valence-corrected chi connectivity index (χ1v) is 12.6. The Hall–Kier alpha value is -4.69. The highest BCUT2D eigenvalue weighted by atomic mass is 15.1. The second-order valence-corrected chi connectivity index (χ2v) is 8.77. The summed E-state index contributed by atoms with van der Waals surface area (Å²) in [6.45, 7) is 12.3. The van der Waals surface area contributed by atoms with Crippen LogP contribution in [-0.4, -0.2) is 9.55 Å². The molecular weight excluding hydrogens is 448 g/mol. The Balaban J connectivity index is 2.00. The molecule has 0 radical (unpaired) electrons.